The quantitative estimate of drug-likeness (QED) is 0.672. The number of ether oxygens (including phenoxy) is 1. The van der Waals surface area contributed by atoms with Gasteiger partial charge < -0.3 is 16.2 Å². The van der Waals surface area contributed by atoms with Crippen LogP contribution < -0.4 is 16.2 Å². The Morgan fingerprint density at radius 2 is 1.41 bits per heavy atom. The first-order chi connectivity index (χ1) is 10.6. The lowest BCUT2D eigenvalue weighted by Gasteiger charge is -2.11. The molecule has 0 aliphatic heterocycles. The first-order valence-electron chi connectivity index (χ1n) is 6.81. The molecule has 3 nitrogen and oxygen atoms in total. The van der Waals surface area contributed by atoms with Crippen molar-refractivity contribution in [3.8, 4) is 22.6 Å². The Balaban J connectivity index is 1.89. The summed E-state index contributed by atoms with van der Waals surface area (Å²) in [5.41, 5.74) is 14.8. The summed E-state index contributed by atoms with van der Waals surface area (Å²) in [7, 11) is 0. The number of para-hydroxylation sites is 1. The molecule has 0 aliphatic rings. The summed E-state index contributed by atoms with van der Waals surface area (Å²) < 4.78 is 5.76. The van der Waals surface area contributed by atoms with Crippen molar-refractivity contribution in [3.63, 3.8) is 0 Å². The van der Waals surface area contributed by atoms with Gasteiger partial charge in [-0.15, -0.1) is 0 Å². The van der Waals surface area contributed by atoms with Crippen molar-refractivity contribution in [2.75, 3.05) is 11.5 Å². The molecule has 4 N–H and O–H groups in total. The van der Waals surface area contributed by atoms with E-state index in [9.17, 15) is 0 Å². The normalized spacial score (nSPS) is 10.4. The van der Waals surface area contributed by atoms with Gasteiger partial charge in [-0.3, -0.25) is 0 Å². The van der Waals surface area contributed by atoms with Crippen LogP contribution in [0.5, 0.6) is 11.5 Å². The molecular weight excluding hydrogens is 296 g/mol. The molecule has 0 atom stereocenters. The average Bonchev–Trinajstić information content (AvgIpc) is 2.51. The second kappa shape index (κ2) is 6.00. The highest BCUT2D eigenvalue weighted by molar-refractivity contribution is 6.33. The maximum atomic E-state index is 6.37. The molecule has 4 heteroatoms. The van der Waals surface area contributed by atoms with E-state index in [0.717, 1.165) is 11.1 Å². The van der Waals surface area contributed by atoms with Gasteiger partial charge in [0.2, 0.25) is 0 Å². The number of halogens is 1. The van der Waals surface area contributed by atoms with Crippen LogP contribution in [0.1, 0.15) is 0 Å². The fourth-order valence-corrected chi connectivity index (χ4v) is 2.46. The Kier molecular flexibility index (Phi) is 3.90. The molecular formula is C18H15ClN2O. The SMILES string of the molecule is Nc1ccc(Oc2ccc(-c3ccccc3N)c(Cl)c2)cc1. The van der Waals surface area contributed by atoms with E-state index >= 15 is 0 Å². The fourth-order valence-electron chi connectivity index (χ4n) is 2.19. The first-order valence-corrected chi connectivity index (χ1v) is 7.19. The van der Waals surface area contributed by atoms with Crippen LogP contribution in [0.3, 0.4) is 0 Å². The number of hydrogen-bond donors (Lipinski definition) is 2. The number of rotatable bonds is 3. The molecule has 22 heavy (non-hydrogen) atoms. The van der Waals surface area contributed by atoms with Crippen LogP contribution >= 0.6 is 11.6 Å². The van der Waals surface area contributed by atoms with E-state index in [-0.39, 0.29) is 0 Å². The molecule has 0 fully saturated rings. The van der Waals surface area contributed by atoms with Gasteiger partial charge in [-0.25, -0.2) is 0 Å². The van der Waals surface area contributed by atoms with Gasteiger partial charge in [0, 0.05) is 28.6 Å². The largest absolute Gasteiger partial charge is 0.457 e. The molecule has 0 amide bonds. The maximum Gasteiger partial charge on any atom is 0.128 e. The zero-order chi connectivity index (χ0) is 15.5. The molecule has 0 aromatic heterocycles. The molecule has 0 saturated carbocycles. The summed E-state index contributed by atoms with van der Waals surface area (Å²) >= 11 is 6.37. The van der Waals surface area contributed by atoms with E-state index in [1.54, 1.807) is 18.2 Å². The fraction of sp³-hybridized carbons (Fsp3) is 0. The minimum atomic E-state index is 0.589. The van der Waals surface area contributed by atoms with Gasteiger partial charge in [0.1, 0.15) is 11.5 Å². The van der Waals surface area contributed by atoms with E-state index in [1.165, 1.54) is 0 Å². The molecule has 0 spiro atoms. The van der Waals surface area contributed by atoms with Gasteiger partial charge in [0.05, 0.1) is 5.02 Å². The van der Waals surface area contributed by atoms with Gasteiger partial charge in [0.15, 0.2) is 0 Å². The highest BCUT2D eigenvalue weighted by Crippen LogP contribution is 2.35. The third-order valence-electron chi connectivity index (χ3n) is 3.31. The van der Waals surface area contributed by atoms with Crippen LogP contribution in [0.15, 0.2) is 66.7 Å². The van der Waals surface area contributed by atoms with Crippen LogP contribution in [-0.2, 0) is 0 Å². The molecule has 0 saturated heterocycles. The molecule has 0 radical (unpaired) electrons. The van der Waals surface area contributed by atoms with Crippen molar-refractivity contribution in [3.05, 3.63) is 71.8 Å². The topological polar surface area (TPSA) is 61.3 Å². The molecule has 0 aliphatic carbocycles. The highest BCUT2D eigenvalue weighted by Gasteiger charge is 2.08. The Bertz CT molecular complexity index is 800. The monoisotopic (exact) mass is 310 g/mol. The lowest BCUT2D eigenvalue weighted by atomic mass is 10.0. The summed E-state index contributed by atoms with van der Waals surface area (Å²) in [6.45, 7) is 0. The predicted molar refractivity (Wildman–Crippen MR) is 92.2 cm³/mol. The van der Waals surface area contributed by atoms with Crippen molar-refractivity contribution >= 4 is 23.0 Å². The van der Waals surface area contributed by atoms with Gasteiger partial charge in [-0.1, -0.05) is 29.8 Å². The van der Waals surface area contributed by atoms with Crippen molar-refractivity contribution in [2.45, 2.75) is 0 Å². The molecule has 0 bridgehead atoms. The minimum Gasteiger partial charge on any atom is -0.457 e. The summed E-state index contributed by atoms with van der Waals surface area (Å²) in [6.07, 6.45) is 0. The molecule has 110 valence electrons. The predicted octanol–water partition coefficient (Wildman–Crippen LogP) is 4.96. The summed E-state index contributed by atoms with van der Waals surface area (Å²) in [4.78, 5) is 0. The molecule has 3 aromatic carbocycles. The highest BCUT2D eigenvalue weighted by atomic mass is 35.5. The second-order valence-corrected chi connectivity index (χ2v) is 5.31. The molecule has 0 heterocycles. The first kappa shape index (κ1) is 14.3. The van der Waals surface area contributed by atoms with Crippen LogP contribution in [0.25, 0.3) is 11.1 Å². The zero-order valence-electron chi connectivity index (χ0n) is 11.8. The second-order valence-electron chi connectivity index (χ2n) is 4.90. The van der Waals surface area contributed by atoms with Gasteiger partial charge in [-0.05, 0) is 42.5 Å². The van der Waals surface area contributed by atoms with Crippen molar-refractivity contribution in [2.24, 2.45) is 0 Å². The smallest absolute Gasteiger partial charge is 0.128 e. The van der Waals surface area contributed by atoms with E-state index in [1.807, 2.05) is 48.5 Å². The van der Waals surface area contributed by atoms with Crippen LogP contribution in [-0.4, -0.2) is 0 Å². The number of hydrogen-bond acceptors (Lipinski definition) is 3. The Hall–Kier alpha value is -2.65. The van der Waals surface area contributed by atoms with Crippen molar-refractivity contribution < 1.29 is 4.74 Å². The Labute approximate surface area is 134 Å². The van der Waals surface area contributed by atoms with Crippen LogP contribution in [0.4, 0.5) is 11.4 Å². The third-order valence-corrected chi connectivity index (χ3v) is 3.62. The van der Waals surface area contributed by atoms with Crippen LogP contribution in [0, 0.1) is 0 Å². The zero-order valence-corrected chi connectivity index (χ0v) is 12.5. The number of anilines is 2. The van der Waals surface area contributed by atoms with Crippen molar-refractivity contribution in [1.82, 2.24) is 0 Å². The van der Waals surface area contributed by atoms with Gasteiger partial charge in [0.25, 0.3) is 0 Å². The Morgan fingerprint density at radius 1 is 0.727 bits per heavy atom. The average molecular weight is 311 g/mol. The van der Waals surface area contributed by atoms with Gasteiger partial charge in [-0.2, -0.15) is 0 Å². The lowest BCUT2D eigenvalue weighted by Crippen LogP contribution is -1.91. The number of nitrogen functional groups attached to an aromatic ring is 2. The van der Waals surface area contributed by atoms with Gasteiger partial charge >= 0.3 is 0 Å². The summed E-state index contributed by atoms with van der Waals surface area (Å²) in [5.74, 6) is 1.37. The Morgan fingerprint density at radius 3 is 2.09 bits per heavy atom. The summed E-state index contributed by atoms with van der Waals surface area (Å²) in [5, 5.41) is 0.589. The summed E-state index contributed by atoms with van der Waals surface area (Å²) in [6, 6.07) is 20.4. The van der Waals surface area contributed by atoms with E-state index in [2.05, 4.69) is 0 Å². The lowest BCUT2D eigenvalue weighted by molar-refractivity contribution is 0.483. The van der Waals surface area contributed by atoms with E-state index in [4.69, 9.17) is 27.8 Å². The van der Waals surface area contributed by atoms with Crippen LogP contribution in [0.2, 0.25) is 5.02 Å². The van der Waals surface area contributed by atoms with E-state index < -0.39 is 0 Å². The maximum absolute atomic E-state index is 6.37. The molecule has 3 aromatic rings. The number of nitrogens with two attached hydrogens (primary N) is 2. The third kappa shape index (κ3) is 3.00. The molecule has 3 rings (SSSR count). The molecule has 0 unspecified atom stereocenters. The standard InChI is InChI=1S/C18H15ClN2O/c19-17-11-14(22-13-7-5-12(20)6-8-13)9-10-15(17)16-3-1-2-4-18(16)21/h1-11H,20-21H2. The van der Waals surface area contributed by atoms with E-state index in [0.29, 0.717) is 27.9 Å². The van der Waals surface area contributed by atoms with Crippen molar-refractivity contribution in [1.29, 1.82) is 0 Å². The minimum absolute atomic E-state index is 0.589. The number of benzene rings is 3.